The lowest BCUT2D eigenvalue weighted by atomic mass is 10.0. The van der Waals surface area contributed by atoms with Crippen LogP contribution in [0.1, 0.15) is 29.4 Å². The van der Waals surface area contributed by atoms with Gasteiger partial charge in [0.15, 0.2) is 0 Å². The quantitative estimate of drug-likeness (QED) is 0.936. The number of rotatable bonds is 3. The molecule has 1 aliphatic rings. The lowest BCUT2D eigenvalue weighted by molar-refractivity contribution is -0.142. The number of hydrogen-bond donors (Lipinski definition) is 1. The molecular formula is C17H18FN3O3. The van der Waals surface area contributed by atoms with Gasteiger partial charge in [-0.2, -0.15) is 5.10 Å². The molecule has 2 unspecified atom stereocenters. The minimum Gasteiger partial charge on any atom is -0.481 e. The zero-order chi connectivity index (χ0) is 17.4. The molecule has 1 aromatic carbocycles. The molecular weight excluding hydrogens is 313 g/mol. The molecule has 2 atom stereocenters. The Labute approximate surface area is 138 Å². The molecule has 3 rings (SSSR count). The van der Waals surface area contributed by atoms with E-state index in [9.17, 15) is 19.1 Å². The Bertz CT molecular complexity index is 785. The molecule has 6 nitrogen and oxygen atoms in total. The number of carboxylic acids is 1. The minimum atomic E-state index is -0.878. The third-order valence-corrected chi connectivity index (χ3v) is 4.64. The Kier molecular flexibility index (Phi) is 4.09. The lowest BCUT2D eigenvalue weighted by Crippen LogP contribution is -2.37. The van der Waals surface area contributed by atoms with Crippen LogP contribution in [0.3, 0.4) is 0 Å². The van der Waals surface area contributed by atoms with Crippen LogP contribution in [-0.4, -0.2) is 44.3 Å². The zero-order valence-electron chi connectivity index (χ0n) is 13.4. The normalized spacial score (nSPS) is 20.4. The Morgan fingerprint density at radius 1 is 1.29 bits per heavy atom. The molecule has 1 amide bonds. The summed E-state index contributed by atoms with van der Waals surface area (Å²) < 4.78 is 14.6. The van der Waals surface area contributed by atoms with Gasteiger partial charge in [-0.05, 0) is 44.5 Å². The first kappa shape index (κ1) is 16.2. The summed E-state index contributed by atoms with van der Waals surface area (Å²) in [6, 6.07) is 5.48. The van der Waals surface area contributed by atoms with Crippen molar-refractivity contribution in [1.82, 2.24) is 14.7 Å². The van der Waals surface area contributed by atoms with Gasteiger partial charge >= 0.3 is 5.97 Å². The third kappa shape index (κ3) is 2.66. The van der Waals surface area contributed by atoms with Crippen molar-refractivity contribution in [2.45, 2.75) is 26.3 Å². The van der Waals surface area contributed by atoms with Crippen LogP contribution in [0.4, 0.5) is 4.39 Å². The molecule has 2 heterocycles. The second-order valence-electron chi connectivity index (χ2n) is 6.00. The van der Waals surface area contributed by atoms with E-state index in [0.717, 1.165) is 0 Å². The molecule has 7 heteroatoms. The fourth-order valence-corrected chi connectivity index (χ4v) is 3.17. The smallest absolute Gasteiger partial charge is 0.308 e. The average Bonchev–Trinajstić information content (AvgIpc) is 3.11. The SMILES string of the molecule is Cc1c(C(=O)N2CCC(C(=O)O)C2C)cnn1-c1ccc(F)cc1. The molecule has 1 aliphatic heterocycles. The maximum Gasteiger partial charge on any atom is 0.308 e. The first-order valence-electron chi connectivity index (χ1n) is 7.74. The van der Waals surface area contributed by atoms with Gasteiger partial charge in [-0.15, -0.1) is 0 Å². The fourth-order valence-electron chi connectivity index (χ4n) is 3.17. The maximum atomic E-state index is 13.0. The predicted octanol–water partition coefficient (Wildman–Crippen LogP) is 2.26. The summed E-state index contributed by atoms with van der Waals surface area (Å²) >= 11 is 0. The van der Waals surface area contributed by atoms with Gasteiger partial charge < -0.3 is 10.0 Å². The monoisotopic (exact) mass is 331 g/mol. The van der Waals surface area contributed by atoms with Crippen molar-refractivity contribution >= 4 is 11.9 Å². The molecule has 1 N–H and O–H groups in total. The first-order valence-corrected chi connectivity index (χ1v) is 7.74. The first-order chi connectivity index (χ1) is 11.4. The topological polar surface area (TPSA) is 75.4 Å². The third-order valence-electron chi connectivity index (χ3n) is 4.64. The van der Waals surface area contributed by atoms with E-state index in [-0.39, 0.29) is 17.8 Å². The van der Waals surface area contributed by atoms with E-state index in [4.69, 9.17) is 0 Å². The Hall–Kier alpha value is -2.70. The number of aliphatic carboxylic acids is 1. The van der Waals surface area contributed by atoms with E-state index < -0.39 is 11.9 Å². The minimum absolute atomic E-state index is 0.225. The summed E-state index contributed by atoms with van der Waals surface area (Å²) in [6.07, 6.45) is 1.93. The standard InChI is InChI=1S/C17H18FN3O3/c1-10-14(17(23)24)7-8-20(10)16(22)15-9-19-21(11(15)2)13-5-3-12(18)4-6-13/h3-6,9-10,14H,7-8H2,1-2H3,(H,23,24). The summed E-state index contributed by atoms with van der Waals surface area (Å²) in [5.74, 6) is -1.99. The van der Waals surface area contributed by atoms with Crippen LogP contribution in [0.2, 0.25) is 0 Å². The molecule has 24 heavy (non-hydrogen) atoms. The van der Waals surface area contributed by atoms with E-state index in [1.54, 1.807) is 35.6 Å². The van der Waals surface area contributed by atoms with Gasteiger partial charge in [-0.3, -0.25) is 9.59 Å². The molecule has 0 saturated carbocycles. The van der Waals surface area contributed by atoms with Crippen molar-refractivity contribution in [3.63, 3.8) is 0 Å². The largest absolute Gasteiger partial charge is 0.481 e. The van der Waals surface area contributed by atoms with Crippen molar-refractivity contribution < 1.29 is 19.1 Å². The van der Waals surface area contributed by atoms with Gasteiger partial charge in [0.25, 0.3) is 5.91 Å². The van der Waals surface area contributed by atoms with Crippen LogP contribution in [0.15, 0.2) is 30.5 Å². The number of likely N-dealkylation sites (tertiary alicyclic amines) is 1. The highest BCUT2D eigenvalue weighted by Gasteiger charge is 2.39. The molecule has 1 aromatic heterocycles. The number of nitrogens with zero attached hydrogens (tertiary/aromatic N) is 3. The summed E-state index contributed by atoms with van der Waals surface area (Å²) in [5, 5.41) is 13.4. The number of benzene rings is 1. The van der Waals surface area contributed by atoms with Crippen molar-refractivity contribution in [2.75, 3.05) is 6.54 Å². The van der Waals surface area contributed by atoms with Crippen LogP contribution in [0, 0.1) is 18.7 Å². The van der Waals surface area contributed by atoms with Crippen LogP contribution < -0.4 is 0 Å². The number of carbonyl (C=O) groups excluding carboxylic acids is 1. The highest BCUT2D eigenvalue weighted by atomic mass is 19.1. The molecule has 0 aliphatic carbocycles. The Morgan fingerprint density at radius 3 is 2.54 bits per heavy atom. The number of amides is 1. The molecule has 2 aromatic rings. The number of hydrogen-bond acceptors (Lipinski definition) is 3. The molecule has 0 radical (unpaired) electrons. The molecule has 0 spiro atoms. The maximum absolute atomic E-state index is 13.0. The van der Waals surface area contributed by atoms with Crippen LogP contribution in [0.25, 0.3) is 5.69 Å². The van der Waals surface area contributed by atoms with Gasteiger partial charge in [0.05, 0.1) is 29.1 Å². The number of carboxylic acid groups (broad SMARTS) is 1. The Morgan fingerprint density at radius 2 is 1.96 bits per heavy atom. The summed E-state index contributed by atoms with van der Waals surface area (Å²) in [5.41, 5.74) is 1.72. The molecule has 126 valence electrons. The predicted molar refractivity (Wildman–Crippen MR) is 84.5 cm³/mol. The van der Waals surface area contributed by atoms with Crippen LogP contribution >= 0.6 is 0 Å². The van der Waals surface area contributed by atoms with Gasteiger partial charge in [0, 0.05) is 12.6 Å². The highest BCUT2D eigenvalue weighted by Crippen LogP contribution is 2.27. The molecule has 0 bridgehead atoms. The Balaban J connectivity index is 1.87. The van der Waals surface area contributed by atoms with E-state index >= 15 is 0 Å². The average molecular weight is 331 g/mol. The zero-order valence-corrected chi connectivity index (χ0v) is 13.4. The van der Waals surface area contributed by atoms with Gasteiger partial charge in [0.2, 0.25) is 0 Å². The van der Waals surface area contributed by atoms with Crippen molar-refractivity contribution in [2.24, 2.45) is 5.92 Å². The van der Waals surface area contributed by atoms with Gasteiger partial charge in [0.1, 0.15) is 5.82 Å². The highest BCUT2D eigenvalue weighted by molar-refractivity contribution is 5.96. The van der Waals surface area contributed by atoms with Gasteiger partial charge in [-0.25, -0.2) is 9.07 Å². The summed E-state index contributed by atoms with van der Waals surface area (Å²) in [4.78, 5) is 25.6. The van der Waals surface area contributed by atoms with Gasteiger partial charge in [-0.1, -0.05) is 0 Å². The van der Waals surface area contributed by atoms with Crippen LogP contribution in [-0.2, 0) is 4.79 Å². The number of aromatic nitrogens is 2. The second kappa shape index (κ2) is 6.07. The summed E-state index contributed by atoms with van der Waals surface area (Å²) in [6.45, 7) is 3.93. The van der Waals surface area contributed by atoms with E-state index in [1.807, 2.05) is 0 Å². The van der Waals surface area contributed by atoms with E-state index in [0.29, 0.717) is 29.9 Å². The number of halogens is 1. The van der Waals surface area contributed by atoms with E-state index in [1.165, 1.54) is 18.3 Å². The number of carbonyl (C=O) groups is 2. The van der Waals surface area contributed by atoms with Crippen molar-refractivity contribution in [3.8, 4) is 5.69 Å². The second-order valence-corrected chi connectivity index (χ2v) is 6.00. The summed E-state index contributed by atoms with van der Waals surface area (Å²) in [7, 11) is 0. The van der Waals surface area contributed by atoms with Crippen molar-refractivity contribution in [1.29, 1.82) is 0 Å². The van der Waals surface area contributed by atoms with Crippen molar-refractivity contribution in [3.05, 3.63) is 47.5 Å². The van der Waals surface area contributed by atoms with Crippen LogP contribution in [0.5, 0.6) is 0 Å². The van der Waals surface area contributed by atoms with E-state index in [2.05, 4.69) is 5.10 Å². The lowest BCUT2D eigenvalue weighted by Gasteiger charge is -2.23. The fraction of sp³-hybridized carbons (Fsp3) is 0.353. The molecule has 1 saturated heterocycles. The molecule has 1 fully saturated rings.